The molecule has 0 N–H and O–H groups in total. The molecule has 0 aliphatic carbocycles. The fraction of sp³-hybridized carbons (Fsp3) is 0.286. The van der Waals surface area contributed by atoms with Gasteiger partial charge in [-0.05, 0) is 51.4 Å². The molecular weight excluding hydrogens is 422 g/mol. The van der Waals surface area contributed by atoms with E-state index < -0.39 is 9.84 Å². The number of amides is 1. The molecule has 0 bridgehead atoms. The molecule has 158 valence electrons. The standard InChI is InChI=1S/C21H23N3O4S2/c1-14(25)15-5-7-16(8-6-15)20(26)24(12-11-23(2)3)21-22-18-10-9-17(30(4,27)28)13-19(18)29-21/h5-10,13H,11-12H2,1-4H3. The summed E-state index contributed by atoms with van der Waals surface area (Å²) in [6, 6.07) is 11.3. The Kier molecular flexibility index (Phi) is 6.35. The highest BCUT2D eigenvalue weighted by molar-refractivity contribution is 7.90. The summed E-state index contributed by atoms with van der Waals surface area (Å²) in [5.74, 6) is -0.291. The minimum atomic E-state index is -3.33. The van der Waals surface area contributed by atoms with E-state index in [4.69, 9.17) is 0 Å². The molecule has 0 aliphatic heterocycles. The van der Waals surface area contributed by atoms with Crippen molar-refractivity contribution in [3.8, 4) is 0 Å². The molecule has 0 spiro atoms. The zero-order chi connectivity index (χ0) is 22.1. The second-order valence-corrected chi connectivity index (χ2v) is 10.3. The van der Waals surface area contributed by atoms with Crippen LogP contribution >= 0.6 is 11.3 Å². The molecule has 1 amide bonds. The maximum absolute atomic E-state index is 13.2. The number of aromatic nitrogens is 1. The number of likely N-dealkylation sites (N-methyl/N-ethyl adjacent to an activating group) is 1. The lowest BCUT2D eigenvalue weighted by molar-refractivity contribution is 0.0981. The molecule has 0 aliphatic rings. The smallest absolute Gasteiger partial charge is 0.260 e. The Hall–Kier alpha value is -2.62. The Labute approximate surface area is 179 Å². The van der Waals surface area contributed by atoms with Crippen molar-refractivity contribution in [3.05, 3.63) is 53.6 Å². The summed E-state index contributed by atoms with van der Waals surface area (Å²) in [6.07, 6.45) is 1.16. The zero-order valence-corrected chi connectivity index (χ0v) is 18.9. The van der Waals surface area contributed by atoms with Crippen molar-refractivity contribution in [2.75, 3.05) is 38.3 Å². The summed E-state index contributed by atoms with van der Waals surface area (Å²) in [6.45, 7) is 2.52. The molecule has 3 rings (SSSR count). The normalized spacial score (nSPS) is 11.8. The number of fused-ring (bicyclic) bond motifs is 1. The van der Waals surface area contributed by atoms with Crippen molar-refractivity contribution < 1.29 is 18.0 Å². The second kappa shape index (κ2) is 8.63. The highest BCUT2D eigenvalue weighted by Gasteiger charge is 2.22. The van der Waals surface area contributed by atoms with Gasteiger partial charge < -0.3 is 4.90 Å². The molecule has 7 nitrogen and oxygen atoms in total. The molecule has 2 aromatic carbocycles. The van der Waals surface area contributed by atoms with Gasteiger partial charge in [-0.25, -0.2) is 13.4 Å². The first-order valence-electron chi connectivity index (χ1n) is 9.24. The monoisotopic (exact) mass is 445 g/mol. The minimum absolute atomic E-state index is 0.0636. The maximum atomic E-state index is 13.2. The third-order valence-electron chi connectivity index (χ3n) is 4.56. The molecule has 9 heteroatoms. The Morgan fingerprint density at radius 1 is 1.00 bits per heavy atom. The van der Waals surface area contributed by atoms with Gasteiger partial charge in [-0.15, -0.1) is 0 Å². The van der Waals surface area contributed by atoms with Crippen LogP contribution in [0.3, 0.4) is 0 Å². The number of carbonyl (C=O) groups excluding carboxylic acids is 2. The molecule has 0 fully saturated rings. The number of hydrogen-bond acceptors (Lipinski definition) is 7. The van der Waals surface area contributed by atoms with E-state index in [1.165, 1.54) is 24.3 Å². The van der Waals surface area contributed by atoms with Crippen LogP contribution in [0.4, 0.5) is 5.13 Å². The molecule has 0 saturated heterocycles. The van der Waals surface area contributed by atoms with Crippen LogP contribution in [0, 0.1) is 0 Å². The van der Waals surface area contributed by atoms with Gasteiger partial charge in [0.1, 0.15) is 0 Å². The number of Topliss-reactive ketones (excluding diaryl/α,β-unsaturated/α-hetero) is 1. The molecule has 0 radical (unpaired) electrons. The largest absolute Gasteiger partial charge is 0.308 e. The first-order valence-corrected chi connectivity index (χ1v) is 12.0. The van der Waals surface area contributed by atoms with Gasteiger partial charge in [-0.2, -0.15) is 0 Å². The van der Waals surface area contributed by atoms with Crippen LogP contribution < -0.4 is 4.90 Å². The first-order chi connectivity index (χ1) is 14.1. The van der Waals surface area contributed by atoms with E-state index in [1.807, 2.05) is 19.0 Å². The third kappa shape index (κ3) is 4.92. The predicted octanol–water partition coefficient (Wildman–Crippen LogP) is 3.11. The van der Waals surface area contributed by atoms with E-state index in [9.17, 15) is 18.0 Å². The molecule has 1 aromatic heterocycles. The topological polar surface area (TPSA) is 87.7 Å². The van der Waals surface area contributed by atoms with Crippen molar-refractivity contribution in [2.45, 2.75) is 11.8 Å². The quantitative estimate of drug-likeness (QED) is 0.519. The van der Waals surface area contributed by atoms with Gasteiger partial charge in [-0.1, -0.05) is 23.5 Å². The van der Waals surface area contributed by atoms with Crippen LogP contribution in [0.15, 0.2) is 47.4 Å². The van der Waals surface area contributed by atoms with E-state index in [0.29, 0.717) is 39.6 Å². The number of ketones is 1. The van der Waals surface area contributed by atoms with Gasteiger partial charge in [0.2, 0.25) is 0 Å². The van der Waals surface area contributed by atoms with Crippen LogP contribution in [-0.4, -0.2) is 63.4 Å². The van der Waals surface area contributed by atoms with E-state index in [0.717, 1.165) is 6.26 Å². The minimum Gasteiger partial charge on any atom is -0.308 e. The van der Waals surface area contributed by atoms with Crippen LogP contribution in [0.5, 0.6) is 0 Å². The van der Waals surface area contributed by atoms with Crippen LogP contribution in [0.2, 0.25) is 0 Å². The Balaban J connectivity index is 2.00. The summed E-state index contributed by atoms with van der Waals surface area (Å²) in [5, 5.41) is 0.498. The summed E-state index contributed by atoms with van der Waals surface area (Å²) in [4.78, 5) is 33.1. The van der Waals surface area contributed by atoms with Crippen molar-refractivity contribution >= 4 is 48.2 Å². The summed E-state index contributed by atoms with van der Waals surface area (Å²) >= 11 is 1.28. The molecule has 3 aromatic rings. The summed E-state index contributed by atoms with van der Waals surface area (Å²) < 4.78 is 24.4. The fourth-order valence-electron chi connectivity index (χ4n) is 2.83. The molecule has 30 heavy (non-hydrogen) atoms. The van der Waals surface area contributed by atoms with Crippen molar-refractivity contribution in [1.82, 2.24) is 9.88 Å². The number of hydrogen-bond donors (Lipinski definition) is 0. The maximum Gasteiger partial charge on any atom is 0.260 e. The van der Waals surface area contributed by atoms with Crippen molar-refractivity contribution in [1.29, 1.82) is 0 Å². The number of anilines is 1. The highest BCUT2D eigenvalue weighted by atomic mass is 32.2. The highest BCUT2D eigenvalue weighted by Crippen LogP contribution is 2.31. The second-order valence-electron chi connectivity index (χ2n) is 7.29. The van der Waals surface area contributed by atoms with Gasteiger partial charge in [0.05, 0.1) is 15.1 Å². The van der Waals surface area contributed by atoms with Gasteiger partial charge in [0.25, 0.3) is 5.91 Å². The van der Waals surface area contributed by atoms with E-state index in [2.05, 4.69) is 4.98 Å². The van der Waals surface area contributed by atoms with Crippen LogP contribution in [0.25, 0.3) is 10.2 Å². The van der Waals surface area contributed by atoms with E-state index in [1.54, 1.807) is 41.3 Å². The number of rotatable bonds is 7. The average molecular weight is 446 g/mol. The molecule has 0 atom stereocenters. The van der Waals surface area contributed by atoms with E-state index >= 15 is 0 Å². The molecule has 0 unspecified atom stereocenters. The SMILES string of the molecule is CC(=O)c1ccc(C(=O)N(CCN(C)C)c2nc3ccc(S(C)(=O)=O)cc3s2)cc1. The number of carbonyl (C=O) groups is 2. The first kappa shape index (κ1) is 22.1. The van der Waals surface area contributed by atoms with Crippen LogP contribution in [0.1, 0.15) is 27.6 Å². The Bertz CT molecular complexity index is 1200. The van der Waals surface area contributed by atoms with Gasteiger partial charge >= 0.3 is 0 Å². The van der Waals surface area contributed by atoms with Gasteiger partial charge in [0.15, 0.2) is 20.8 Å². The number of benzene rings is 2. The number of nitrogens with zero attached hydrogens (tertiary/aromatic N) is 3. The van der Waals surface area contributed by atoms with Crippen LogP contribution in [-0.2, 0) is 9.84 Å². The summed E-state index contributed by atoms with van der Waals surface area (Å²) in [5.41, 5.74) is 1.63. The lowest BCUT2D eigenvalue weighted by atomic mass is 10.1. The fourth-order valence-corrected chi connectivity index (χ4v) is 4.58. The van der Waals surface area contributed by atoms with Gasteiger partial charge in [-0.3, -0.25) is 14.5 Å². The molecular formula is C21H23N3O4S2. The predicted molar refractivity (Wildman–Crippen MR) is 119 cm³/mol. The Morgan fingerprint density at radius 2 is 1.63 bits per heavy atom. The summed E-state index contributed by atoms with van der Waals surface area (Å²) in [7, 11) is 0.502. The van der Waals surface area contributed by atoms with Gasteiger partial charge in [0, 0.05) is 30.5 Å². The molecule has 0 saturated carbocycles. The van der Waals surface area contributed by atoms with Crippen molar-refractivity contribution in [2.24, 2.45) is 0 Å². The number of sulfone groups is 1. The Morgan fingerprint density at radius 3 is 2.20 bits per heavy atom. The van der Waals surface area contributed by atoms with E-state index in [-0.39, 0.29) is 16.6 Å². The average Bonchev–Trinajstić information content (AvgIpc) is 3.10. The lowest BCUT2D eigenvalue weighted by Crippen LogP contribution is -2.36. The lowest BCUT2D eigenvalue weighted by Gasteiger charge is -2.22. The number of thiazole rings is 1. The van der Waals surface area contributed by atoms with Crippen molar-refractivity contribution in [3.63, 3.8) is 0 Å². The zero-order valence-electron chi connectivity index (χ0n) is 17.2. The third-order valence-corrected chi connectivity index (χ3v) is 6.71. The molecule has 1 heterocycles.